The average molecular weight is 430 g/mol. The molecule has 4 atom stereocenters. The Morgan fingerprint density at radius 1 is 1.29 bits per heavy atom. The molecule has 2 heterocycles. The minimum atomic E-state index is -0.659. The van der Waals surface area contributed by atoms with Gasteiger partial charge in [0.15, 0.2) is 5.78 Å². The van der Waals surface area contributed by atoms with E-state index in [9.17, 15) is 19.5 Å². The maximum absolute atomic E-state index is 13.1. The normalized spacial score (nSPS) is 20.6. The predicted molar refractivity (Wildman–Crippen MR) is 119 cm³/mol. The number of hydrogen-bond acceptors (Lipinski definition) is 5. The summed E-state index contributed by atoms with van der Waals surface area (Å²) in [7, 11) is 0. The molecule has 1 aromatic heterocycles. The number of benzene rings is 1. The first kappa shape index (κ1) is 22.8. The molecule has 3 rings (SSSR count). The van der Waals surface area contributed by atoms with Crippen LogP contribution in [-0.4, -0.2) is 57.7 Å². The highest BCUT2D eigenvalue weighted by atomic mass is 16.3. The highest BCUT2D eigenvalue weighted by molar-refractivity contribution is 6.05. The Morgan fingerprint density at radius 3 is 2.65 bits per heavy atom. The third-order valence-electron chi connectivity index (χ3n) is 6.30. The van der Waals surface area contributed by atoms with Gasteiger partial charge in [-0.05, 0) is 24.3 Å². The van der Waals surface area contributed by atoms with Gasteiger partial charge in [-0.15, -0.1) is 0 Å². The van der Waals surface area contributed by atoms with Crippen molar-refractivity contribution in [2.45, 2.75) is 45.2 Å². The number of nitrogens with one attached hydrogen (secondary N) is 1. The number of nitrogens with two attached hydrogens (primary N) is 2. The van der Waals surface area contributed by atoms with Crippen molar-refractivity contribution in [3.8, 4) is 0 Å². The molecule has 9 heteroatoms. The number of hydrogen-bond donors (Lipinski definition) is 4. The highest BCUT2D eigenvalue weighted by Gasteiger charge is 2.39. The second kappa shape index (κ2) is 9.49. The van der Waals surface area contributed by atoms with Gasteiger partial charge in [0.1, 0.15) is 0 Å². The highest BCUT2D eigenvalue weighted by Crippen LogP contribution is 2.28. The molecule has 9 nitrogen and oxygen atoms in total. The summed E-state index contributed by atoms with van der Waals surface area (Å²) >= 11 is 0. The van der Waals surface area contributed by atoms with E-state index in [1.54, 1.807) is 24.3 Å². The molecule has 0 saturated carbocycles. The van der Waals surface area contributed by atoms with Crippen molar-refractivity contribution >= 4 is 34.4 Å². The Bertz CT molecular complexity index is 972. The number of carbonyl (C=O) groups is 3. The fourth-order valence-electron chi connectivity index (χ4n) is 4.22. The van der Waals surface area contributed by atoms with E-state index in [4.69, 9.17) is 11.5 Å². The summed E-state index contributed by atoms with van der Waals surface area (Å²) in [5.74, 6) is -0.0407. The number of rotatable bonds is 7. The van der Waals surface area contributed by atoms with Crippen LogP contribution >= 0.6 is 0 Å². The molecule has 0 radical (unpaired) electrons. The van der Waals surface area contributed by atoms with Gasteiger partial charge in [-0.1, -0.05) is 38.5 Å². The minimum Gasteiger partial charge on any atom is -0.396 e. The van der Waals surface area contributed by atoms with E-state index in [-0.39, 0.29) is 43.2 Å². The number of ketones is 1. The molecular weight excluding hydrogens is 398 g/mol. The summed E-state index contributed by atoms with van der Waals surface area (Å²) in [5, 5.41) is 13.2. The second-order valence-corrected chi connectivity index (χ2v) is 8.36. The van der Waals surface area contributed by atoms with Gasteiger partial charge < -0.3 is 26.8 Å². The molecule has 0 unspecified atom stereocenters. The summed E-state index contributed by atoms with van der Waals surface area (Å²) in [6, 6.07) is 5.02. The summed E-state index contributed by atoms with van der Waals surface area (Å²) < 4.78 is 1.27. The number of urea groups is 1. The van der Waals surface area contributed by atoms with E-state index >= 15 is 0 Å². The van der Waals surface area contributed by atoms with Crippen molar-refractivity contribution in [1.29, 1.82) is 0 Å². The van der Waals surface area contributed by atoms with Gasteiger partial charge in [-0.25, -0.2) is 9.59 Å². The fraction of sp³-hybridized carbons (Fsp3) is 0.500. The van der Waals surface area contributed by atoms with Crippen molar-refractivity contribution < 1.29 is 19.5 Å². The second-order valence-electron chi connectivity index (χ2n) is 8.36. The van der Waals surface area contributed by atoms with Crippen molar-refractivity contribution in [3.63, 3.8) is 0 Å². The van der Waals surface area contributed by atoms with Gasteiger partial charge >= 0.3 is 12.1 Å². The number of aliphatic hydroxyl groups is 1. The van der Waals surface area contributed by atoms with Crippen LogP contribution in [0.1, 0.15) is 33.1 Å². The van der Waals surface area contributed by atoms with Crippen LogP contribution in [0.25, 0.3) is 10.9 Å². The zero-order valence-corrected chi connectivity index (χ0v) is 18.0. The van der Waals surface area contributed by atoms with Crippen LogP contribution in [0.2, 0.25) is 0 Å². The van der Waals surface area contributed by atoms with Crippen molar-refractivity contribution in [2.24, 2.45) is 23.3 Å². The molecule has 168 valence electrons. The number of anilines is 1. The molecule has 1 aromatic carbocycles. The lowest BCUT2D eigenvalue weighted by Crippen LogP contribution is -2.44. The molecule has 3 amide bonds. The molecule has 31 heavy (non-hydrogen) atoms. The van der Waals surface area contributed by atoms with Crippen LogP contribution in [0.15, 0.2) is 30.5 Å². The molecule has 1 saturated heterocycles. The lowest BCUT2D eigenvalue weighted by molar-refractivity contribution is -0.124. The van der Waals surface area contributed by atoms with Crippen LogP contribution in [0.4, 0.5) is 15.3 Å². The van der Waals surface area contributed by atoms with Gasteiger partial charge in [-0.2, -0.15) is 0 Å². The summed E-state index contributed by atoms with van der Waals surface area (Å²) in [6.45, 7) is 4.21. The average Bonchev–Trinajstić information content (AvgIpc) is 3.32. The zero-order valence-electron chi connectivity index (χ0n) is 18.0. The lowest BCUT2D eigenvalue weighted by atomic mass is 9.86. The van der Waals surface area contributed by atoms with E-state index in [0.717, 1.165) is 6.42 Å². The largest absolute Gasteiger partial charge is 0.396 e. The number of para-hydroxylation sites is 1. The Labute approximate surface area is 181 Å². The zero-order chi connectivity index (χ0) is 22.7. The number of nitrogens with zero attached hydrogens (tertiary/aromatic N) is 2. The molecule has 1 aliphatic heterocycles. The predicted octanol–water partition coefficient (Wildman–Crippen LogP) is 2.12. The fourth-order valence-corrected chi connectivity index (χ4v) is 4.22. The Kier molecular flexibility index (Phi) is 6.97. The topological polar surface area (TPSA) is 144 Å². The lowest BCUT2D eigenvalue weighted by Gasteiger charge is -2.26. The standard InChI is InChI=1S/C22H31N5O4/c1-3-13(2)14(12-28)8-20(29)19-9-15(23)10-27(19)22(31)25-17-11-26(21(24)30)18-7-5-4-6-16(17)18/h4-7,11,13-15,19,28H,3,8-10,12,23H2,1-2H3,(H2,24,30)(H,25,31)/t13-,14+,15-,19-/m0/s1. The van der Waals surface area contributed by atoms with E-state index in [1.807, 2.05) is 13.8 Å². The Hall–Kier alpha value is -2.91. The van der Waals surface area contributed by atoms with Crippen molar-refractivity contribution in [2.75, 3.05) is 18.5 Å². The number of aromatic nitrogens is 1. The van der Waals surface area contributed by atoms with Crippen LogP contribution in [-0.2, 0) is 4.79 Å². The first-order valence-corrected chi connectivity index (χ1v) is 10.6. The van der Waals surface area contributed by atoms with Gasteiger partial charge in [0, 0.05) is 37.2 Å². The van der Waals surface area contributed by atoms with Gasteiger partial charge in [-0.3, -0.25) is 9.36 Å². The van der Waals surface area contributed by atoms with Gasteiger partial charge in [0.25, 0.3) is 0 Å². The van der Waals surface area contributed by atoms with Crippen LogP contribution in [0.5, 0.6) is 0 Å². The van der Waals surface area contributed by atoms with E-state index in [0.29, 0.717) is 23.0 Å². The van der Waals surface area contributed by atoms with Crippen molar-refractivity contribution in [1.82, 2.24) is 9.47 Å². The molecule has 6 N–H and O–H groups in total. The number of likely N-dealkylation sites (tertiary alicyclic amines) is 1. The number of primary amides is 1. The molecule has 0 bridgehead atoms. The molecular formula is C22H31N5O4. The van der Waals surface area contributed by atoms with Crippen LogP contribution in [0.3, 0.4) is 0 Å². The molecule has 0 aliphatic carbocycles. The van der Waals surface area contributed by atoms with E-state index < -0.39 is 18.1 Å². The number of carbonyl (C=O) groups excluding carboxylic acids is 3. The van der Waals surface area contributed by atoms with Crippen molar-refractivity contribution in [3.05, 3.63) is 30.5 Å². The van der Waals surface area contributed by atoms with Gasteiger partial charge in [0.05, 0.1) is 17.2 Å². The smallest absolute Gasteiger partial charge is 0.323 e. The molecule has 0 spiro atoms. The van der Waals surface area contributed by atoms with E-state index in [2.05, 4.69) is 5.32 Å². The number of Topliss-reactive ketones (excluding diaryl/α,β-unsaturated/α-hetero) is 1. The Balaban J connectivity index is 1.80. The monoisotopic (exact) mass is 429 g/mol. The maximum Gasteiger partial charge on any atom is 0.323 e. The summed E-state index contributed by atoms with van der Waals surface area (Å²) in [6.07, 6.45) is 2.92. The summed E-state index contributed by atoms with van der Waals surface area (Å²) in [5.41, 5.74) is 12.5. The first-order valence-electron chi connectivity index (χ1n) is 10.6. The maximum atomic E-state index is 13.1. The molecule has 1 aliphatic rings. The van der Waals surface area contributed by atoms with Crippen LogP contribution < -0.4 is 16.8 Å². The molecule has 2 aromatic rings. The summed E-state index contributed by atoms with van der Waals surface area (Å²) in [4.78, 5) is 39.3. The number of amides is 3. The van der Waals surface area contributed by atoms with Crippen LogP contribution in [0, 0.1) is 11.8 Å². The van der Waals surface area contributed by atoms with E-state index in [1.165, 1.54) is 15.7 Å². The SMILES string of the molecule is CC[C@H](C)[C@@H](CO)CC(=O)[C@@H]1C[C@H](N)CN1C(=O)Nc1cn(C(N)=O)c2ccccc12. The molecule has 1 fully saturated rings. The number of aliphatic hydroxyl groups excluding tert-OH is 1. The minimum absolute atomic E-state index is 0.0711. The number of fused-ring (bicyclic) bond motifs is 1. The third-order valence-corrected chi connectivity index (χ3v) is 6.30. The Morgan fingerprint density at radius 2 is 2.00 bits per heavy atom. The first-order chi connectivity index (χ1) is 14.8. The third kappa shape index (κ3) is 4.72. The van der Waals surface area contributed by atoms with Gasteiger partial charge in [0.2, 0.25) is 0 Å². The quantitative estimate of drug-likeness (QED) is 0.533.